The summed E-state index contributed by atoms with van der Waals surface area (Å²) in [5.74, 6) is 0.241. The van der Waals surface area contributed by atoms with Crippen LogP contribution in [0.1, 0.15) is 16.1 Å². The molecule has 3 rings (SSSR count). The van der Waals surface area contributed by atoms with Crippen molar-refractivity contribution < 1.29 is 14.3 Å². The minimum absolute atomic E-state index is 0.164. The van der Waals surface area contributed by atoms with Crippen molar-refractivity contribution >= 4 is 5.97 Å². The molecule has 0 aliphatic rings. The lowest BCUT2D eigenvalue weighted by atomic mass is 10.2. The van der Waals surface area contributed by atoms with Crippen LogP contribution in [0.25, 0.3) is 5.69 Å². The summed E-state index contributed by atoms with van der Waals surface area (Å²) in [6.45, 7) is 0.510. The van der Waals surface area contributed by atoms with Gasteiger partial charge in [-0.15, -0.1) is 5.10 Å². The normalized spacial score (nSPS) is 10.3. The Kier molecular flexibility index (Phi) is 4.33. The smallest absolute Gasteiger partial charge is 0.360 e. The van der Waals surface area contributed by atoms with E-state index in [9.17, 15) is 4.79 Å². The molecule has 116 valence electrons. The Hall–Kier alpha value is -3.15. The fourth-order valence-electron chi connectivity index (χ4n) is 2.02. The van der Waals surface area contributed by atoms with Crippen molar-refractivity contribution in [2.45, 2.75) is 6.61 Å². The molecule has 2 aromatic carbocycles. The van der Waals surface area contributed by atoms with E-state index in [2.05, 4.69) is 15.0 Å². The molecule has 0 amide bonds. The molecule has 0 aliphatic heterocycles. The average molecular weight is 309 g/mol. The summed E-state index contributed by atoms with van der Waals surface area (Å²) in [4.78, 5) is 11.4. The van der Waals surface area contributed by atoms with E-state index in [0.717, 1.165) is 17.0 Å². The second kappa shape index (κ2) is 6.74. The molecular formula is C17H15N3O3. The highest BCUT2D eigenvalue weighted by Gasteiger charge is 2.11. The number of ether oxygens (including phenoxy) is 2. The number of hydrogen-bond donors (Lipinski definition) is 0. The third-order valence-corrected chi connectivity index (χ3v) is 3.24. The van der Waals surface area contributed by atoms with Crippen molar-refractivity contribution in [3.63, 3.8) is 0 Å². The van der Waals surface area contributed by atoms with Gasteiger partial charge in [0.2, 0.25) is 0 Å². The van der Waals surface area contributed by atoms with Gasteiger partial charge in [0.25, 0.3) is 0 Å². The van der Waals surface area contributed by atoms with Crippen molar-refractivity contribution in [3.05, 3.63) is 72.1 Å². The van der Waals surface area contributed by atoms with E-state index >= 15 is 0 Å². The van der Waals surface area contributed by atoms with Crippen LogP contribution in [0, 0.1) is 0 Å². The van der Waals surface area contributed by atoms with Gasteiger partial charge in [0.15, 0.2) is 5.69 Å². The van der Waals surface area contributed by atoms with Gasteiger partial charge in [-0.2, -0.15) is 0 Å². The Balaban J connectivity index is 1.67. The van der Waals surface area contributed by atoms with Crippen molar-refractivity contribution in [2.24, 2.45) is 0 Å². The van der Waals surface area contributed by atoms with E-state index in [0.29, 0.717) is 6.61 Å². The molecule has 23 heavy (non-hydrogen) atoms. The lowest BCUT2D eigenvalue weighted by Gasteiger charge is -2.07. The van der Waals surface area contributed by atoms with Crippen LogP contribution in [0.4, 0.5) is 0 Å². The third-order valence-electron chi connectivity index (χ3n) is 3.24. The SMILES string of the molecule is COC(=O)c1cn(-c2ccc(OCc3ccccc3)cc2)nn1. The zero-order valence-corrected chi connectivity index (χ0v) is 12.5. The Labute approximate surface area is 133 Å². The van der Waals surface area contributed by atoms with E-state index in [-0.39, 0.29) is 5.69 Å². The van der Waals surface area contributed by atoms with Crippen molar-refractivity contribution in [1.29, 1.82) is 0 Å². The van der Waals surface area contributed by atoms with E-state index in [4.69, 9.17) is 4.74 Å². The van der Waals surface area contributed by atoms with E-state index in [1.54, 1.807) is 0 Å². The molecule has 0 N–H and O–H groups in total. The molecular weight excluding hydrogens is 294 g/mol. The molecule has 0 aliphatic carbocycles. The average Bonchev–Trinajstić information content (AvgIpc) is 3.11. The molecule has 0 unspecified atom stereocenters. The summed E-state index contributed by atoms with van der Waals surface area (Å²) in [6.07, 6.45) is 1.52. The largest absolute Gasteiger partial charge is 0.489 e. The molecule has 0 saturated carbocycles. The number of nitrogens with zero attached hydrogens (tertiary/aromatic N) is 3. The van der Waals surface area contributed by atoms with Gasteiger partial charge in [0, 0.05) is 0 Å². The Morgan fingerprint density at radius 3 is 2.52 bits per heavy atom. The number of methoxy groups -OCH3 is 1. The van der Waals surface area contributed by atoms with E-state index in [1.807, 2.05) is 54.6 Å². The van der Waals surface area contributed by atoms with Crippen LogP contribution in [0.2, 0.25) is 0 Å². The van der Waals surface area contributed by atoms with Crippen molar-refractivity contribution in [3.8, 4) is 11.4 Å². The second-order valence-corrected chi connectivity index (χ2v) is 4.81. The third kappa shape index (κ3) is 3.55. The van der Waals surface area contributed by atoms with Crippen LogP contribution >= 0.6 is 0 Å². The first-order valence-electron chi connectivity index (χ1n) is 7.04. The van der Waals surface area contributed by atoms with Crippen LogP contribution in [0.5, 0.6) is 5.75 Å². The monoisotopic (exact) mass is 309 g/mol. The topological polar surface area (TPSA) is 66.2 Å². The quantitative estimate of drug-likeness (QED) is 0.678. The van der Waals surface area contributed by atoms with Gasteiger partial charge < -0.3 is 9.47 Å². The van der Waals surface area contributed by atoms with Crippen molar-refractivity contribution in [2.75, 3.05) is 7.11 Å². The molecule has 3 aromatic rings. The van der Waals surface area contributed by atoms with E-state index in [1.165, 1.54) is 18.0 Å². The highest BCUT2D eigenvalue weighted by atomic mass is 16.5. The van der Waals surface area contributed by atoms with Gasteiger partial charge in [-0.1, -0.05) is 35.5 Å². The second-order valence-electron chi connectivity index (χ2n) is 4.81. The van der Waals surface area contributed by atoms with Crippen LogP contribution in [-0.4, -0.2) is 28.1 Å². The molecule has 1 aromatic heterocycles. The summed E-state index contributed by atoms with van der Waals surface area (Å²) < 4.78 is 11.8. The summed E-state index contributed by atoms with van der Waals surface area (Å²) in [7, 11) is 1.31. The fourth-order valence-corrected chi connectivity index (χ4v) is 2.02. The summed E-state index contributed by atoms with van der Waals surface area (Å²) in [5.41, 5.74) is 2.05. The minimum Gasteiger partial charge on any atom is -0.489 e. The number of rotatable bonds is 5. The number of carbonyl (C=O) groups excluding carboxylic acids is 1. The van der Waals surface area contributed by atoms with Crippen LogP contribution in [0.15, 0.2) is 60.8 Å². The van der Waals surface area contributed by atoms with Gasteiger partial charge in [-0.05, 0) is 29.8 Å². The first-order chi connectivity index (χ1) is 11.3. The molecule has 6 nitrogen and oxygen atoms in total. The molecule has 0 atom stereocenters. The van der Waals surface area contributed by atoms with Crippen molar-refractivity contribution in [1.82, 2.24) is 15.0 Å². The lowest BCUT2D eigenvalue weighted by molar-refractivity contribution is 0.0594. The number of esters is 1. The maximum Gasteiger partial charge on any atom is 0.360 e. The number of aromatic nitrogens is 3. The highest BCUT2D eigenvalue weighted by molar-refractivity contribution is 5.86. The zero-order chi connectivity index (χ0) is 16.1. The lowest BCUT2D eigenvalue weighted by Crippen LogP contribution is -2.01. The maximum absolute atomic E-state index is 11.4. The zero-order valence-electron chi connectivity index (χ0n) is 12.5. The van der Waals surface area contributed by atoms with Gasteiger partial charge >= 0.3 is 5.97 Å². The first-order valence-corrected chi connectivity index (χ1v) is 7.04. The summed E-state index contributed by atoms with van der Waals surface area (Å²) in [6, 6.07) is 17.3. The first kappa shape index (κ1) is 14.8. The van der Waals surface area contributed by atoms with Gasteiger partial charge in [0.05, 0.1) is 19.0 Å². The molecule has 0 bridgehead atoms. The van der Waals surface area contributed by atoms with Crippen LogP contribution < -0.4 is 4.74 Å². The van der Waals surface area contributed by atoms with Crippen LogP contribution in [0.3, 0.4) is 0 Å². The molecule has 0 radical (unpaired) electrons. The van der Waals surface area contributed by atoms with Crippen LogP contribution in [-0.2, 0) is 11.3 Å². The minimum atomic E-state index is -0.515. The predicted octanol–water partition coefficient (Wildman–Crippen LogP) is 2.63. The van der Waals surface area contributed by atoms with E-state index < -0.39 is 5.97 Å². The fraction of sp³-hybridized carbons (Fsp3) is 0.118. The molecule has 0 fully saturated rings. The van der Waals surface area contributed by atoms with Gasteiger partial charge in [-0.3, -0.25) is 0 Å². The van der Waals surface area contributed by atoms with Gasteiger partial charge in [0.1, 0.15) is 12.4 Å². The number of benzene rings is 2. The molecule has 0 spiro atoms. The Bertz CT molecular complexity index is 782. The maximum atomic E-state index is 11.4. The number of hydrogen-bond acceptors (Lipinski definition) is 5. The number of carbonyl (C=O) groups is 1. The highest BCUT2D eigenvalue weighted by Crippen LogP contribution is 2.16. The molecule has 1 heterocycles. The Morgan fingerprint density at radius 2 is 1.83 bits per heavy atom. The standard InChI is InChI=1S/C17H15N3O3/c1-22-17(21)16-11-20(19-18-16)14-7-9-15(10-8-14)23-12-13-5-3-2-4-6-13/h2-11H,12H2,1H3. The van der Waals surface area contributed by atoms with Gasteiger partial charge in [-0.25, -0.2) is 9.48 Å². The summed E-state index contributed by atoms with van der Waals surface area (Å²) in [5, 5.41) is 7.67. The summed E-state index contributed by atoms with van der Waals surface area (Å²) >= 11 is 0. The molecule has 6 heteroatoms. The predicted molar refractivity (Wildman–Crippen MR) is 83.5 cm³/mol. The molecule has 0 saturated heterocycles. The Morgan fingerprint density at radius 1 is 1.09 bits per heavy atom.